The van der Waals surface area contributed by atoms with E-state index < -0.39 is 53.4 Å². The molecular weight excluding hydrogens is 518 g/mol. The van der Waals surface area contributed by atoms with Gasteiger partial charge < -0.3 is 19.3 Å². The summed E-state index contributed by atoms with van der Waals surface area (Å²) in [5, 5.41) is 9.80. The van der Waals surface area contributed by atoms with Crippen molar-refractivity contribution in [2.75, 3.05) is 0 Å². The topological polar surface area (TPSA) is 137 Å². The third-order valence-corrected chi connectivity index (χ3v) is 6.40. The van der Waals surface area contributed by atoms with Crippen molar-refractivity contribution in [3.63, 3.8) is 0 Å². The number of hydrogen-bond acceptors (Lipinski definition) is 8. The summed E-state index contributed by atoms with van der Waals surface area (Å²) in [7, 11) is 0. The average Bonchev–Trinajstić information content (AvgIpc) is 3.41. The summed E-state index contributed by atoms with van der Waals surface area (Å²) in [6.45, 7) is 4.64. The molecule has 2 amide bonds. The fraction of sp³-hybridized carbons (Fsp3) is 0.233. The van der Waals surface area contributed by atoms with E-state index in [9.17, 15) is 29.1 Å². The molecule has 1 atom stereocenters. The number of nitrogens with zero attached hydrogens (tertiary/aromatic N) is 1. The summed E-state index contributed by atoms with van der Waals surface area (Å²) in [4.78, 5) is 63.9. The smallest absolute Gasteiger partial charge is 0.375 e. The molecule has 3 aromatic rings. The van der Waals surface area contributed by atoms with Crippen molar-refractivity contribution in [3.05, 3.63) is 95.1 Å². The lowest BCUT2D eigenvalue weighted by atomic mass is 9.97. The van der Waals surface area contributed by atoms with Crippen molar-refractivity contribution in [2.24, 2.45) is 0 Å². The molecule has 10 nitrogen and oxygen atoms in total. The first kappa shape index (κ1) is 26.6. The molecule has 0 spiro atoms. The van der Waals surface area contributed by atoms with Crippen molar-refractivity contribution in [2.45, 2.75) is 44.6 Å². The molecule has 2 aliphatic rings. The highest BCUT2D eigenvalue weighted by Gasteiger charge is 2.50. The van der Waals surface area contributed by atoms with Gasteiger partial charge in [-0.2, -0.15) is 0 Å². The molecule has 0 aromatic heterocycles. The van der Waals surface area contributed by atoms with E-state index in [2.05, 4.69) is 0 Å². The quantitative estimate of drug-likeness (QED) is 0.269. The third kappa shape index (κ3) is 4.57. The Morgan fingerprint density at radius 3 is 1.70 bits per heavy atom. The molecule has 0 aliphatic carbocycles. The maximum Gasteiger partial charge on any atom is 0.375 e. The number of amides is 2. The van der Waals surface area contributed by atoms with E-state index in [0.717, 1.165) is 0 Å². The second-order valence-corrected chi connectivity index (χ2v) is 10.4. The van der Waals surface area contributed by atoms with E-state index in [1.54, 1.807) is 20.8 Å². The minimum Gasteiger partial charge on any atom is -0.480 e. The van der Waals surface area contributed by atoms with Crippen LogP contribution in [-0.2, 0) is 24.9 Å². The van der Waals surface area contributed by atoms with Gasteiger partial charge in [-0.25, -0.2) is 9.59 Å². The molecule has 5 rings (SSSR count). The maximum atomic E-state index is 13.4. The van der Waals surface area contributed by atoms with Gasteiger partial charge >= 0.3 is 17.7 Å². The van der Waals surface area contributed by atoms with Gasteiger partial charge in [-0.15, -0.1) is 0 Å². The molecule has 1 N–H and O–H groups in total. The van der Waals surface area contributed by atoms with Crippen molar-refractivity contribution >= 4 is 29.5 Å². The van der Waals surface area contributed by atoms with Gasteiger partial charge in [0, 0.05) is 17.5 Å². The fourth-order valence-corrected chi connectivity index (χ4v) is 4.64. The number of benzene rings is 3. The number of carboxylic acids is 1. The zero-order valence-corrected chi connectivity index (χ0v) is 21.9. The average molecular weight is 544 g/mol. The largest absolute Gasteiger partial charge is 0.480 e. The molecule has 2 aliphatic heterocycles. The number of ether oxygens (including phenoxy) is 3. The zero-order valence-electron chi connectivity index (χ0n) is 21.9. The van der Waals surface area contributed by atoms with Crippen LogP contribution in [0.1, 0.15) is 59.0 Å². The standard InChI is InChI=1S/C30H25NO9/c1-29(2,3)40-28(37)22(32)16-21(27(35)36)31-25(33)19-14-23-24(15-20(19)26(31)34)39-30(38-23,17-10-6-4-7-11-17)18-12-8-5-9-13-18/h4-15,21H,16H2,1-3H3,(H,35,36)/t21-/m0/s1. The first-order valence-electron chi connectivity index (χ1n) is 12.5. The number of rotatable bonds is 7. The predicted molar refractivity (Wildman–Crippen MR) is 139 cm³/mol. The second kappa shape index (κ2) is 9.64. The van der Waals surface area contributed by atoms with E-state index in [1.807, 2.05) is 60.7 Å². The van der Waals surface area contributed by atoms with Crippen LogP contribution in [0.2, 0.25) is 0 Å². The number of carbonyl (C=O) groups is 5. The molecule has 10 heteroatoms. The molecule has 0 saturated carbocycles. The second-order valence-electron chi connectivity index (χ2n) is 10.4. The summed E-state index contributed by atoms with van der Waals surface area (Å²) in [6, 6.07) is 19.0. The normalized spacial score (nSPS) is 15.9. The third-order valence-electron chi connectivity index (χ3n) is 6.40. The Kier molecular flexibility index (Phi) is 6.41. The van der Waals surface area contributed by atoms with Crippen LogP contribution >= 0.6 is 0 Å². The van der Waals surface area contributed by atoms with Gasteiger partial charge in [0.25, 0.3) is 11.8 Å². The lowest BCUT2D eigenvalue weighted by Crippen LogP contribution is -2.47. The zero-order chi connectivity index (χ0) is 28.8. The van der Waals surface area contributed by atoms with E-state index in [0.29, 0.717) is 16.0 Å². The first-order valence-corrected chi connectivity index (χ1v) is 12.5. The number of aliphatic carboxylic acids is 1. The molecule has 0 radical (unpaired) electrons. The van der Waals surface area contributed by atoms with Crippen molar-refractivity contribution < 1.29 is 43.3 Å². The van der Waals surface area contributed by atoms with Crippen LogP contribution in [0.3, 0.4) is 0 Å². The van der Waals surface area contributed by atoms with Crippen LogP contribution in [0.4, 0.5) is 0 Å². The van der Waals surface area contributed by atoms with Gasteiger partial charge in [0.1, 0.15) is 11.6 Å². The van der Waals surface area contributed by atoms with E-state index >= 15 is 0 Å². The van der Waals surface area contributed by atoms with Crippen LogP contribution in [-0.4, -0.2) is 51.2 Å². The fourth-order valence-electron chi connectivity index (χ4n) is 4.64. The molecule has 0 fully saturated rings. The van der Waals surface area contributed by atoms with Gasteiger partial charge in [-0.1, -0.05) is 60.7 Å². The Morgan fingerprint density at radius 1 is 0.850 bits per heavy atom. The number of carbonyl (C=O) groups excluding carboxylic acids is 4. The summed E-state index contributed by atoms with van der Waals surface area (Å²) in [6.07, 6.45) is -0.937. The minimum atomic E-state index is -1.92. The molecular formula is C30H25NO9. The lowest BCUT2D eigenvalue weighted by Gasteiger charge is -2.28. The monoisotopic (exact) mass is 543 g/mol. The van der Waals surface area contributed by atoms with Crippen LogP contribution < -0.4 is 9.47 Å². The SMILES string of the molecule is CC(C)(C)OC(=O)C(=O)C[C@@H](C(=O)O)N1C(=O)c2cc3c(cc2C1=O)OC(c1ccccc1)(c1ccccc1)O3. The highest BCUT2D eigenvalue weighted by molar-refractivity contribution is 6.34. The summed E-state index contributed by atoms with van der Waals surface area (Å²) in [5.41, 5.74) is 0.128. The number of carboxylic acid groups (broad SMARTS) is 1. The number of ketones is 1. The van der Waals surface area contributed by atoms with E-state index in [4.69, 9.17) is 14.2 Å². The van der Waals surface area contributed by atoms with Gasteiger partial charge in [0.2, 0.25) is 5.78 Å². The van der Waals surface area contributed by atoms with Gasteiger partial charge in [-0.3, -0.25) is 19.3 Å². The predicted octanol–water partition coefficient (Wildman–Crippen LogP) is 3.71. The summed E-state index contributed by atoms with van der Waals surface area (Å²) >= 11 is 0. The van der Waals surface area contributed by atoms with Crippen LogP contribution in [0.5, 0.6) is 11.5 Å². The van der Waals surface area contributed by atoms with Crippen molar-refractivity contribution in [3.8, 4) is 11.5 Å². The van der Waals surface area contributed by atoms with E-state index in [-0.39, 0.29) is 22.6 Å². The lowest BCUT2D eigenvalue weighted by molar-refractivity contribution is -0.163. The Labute approximate surface area is 229 Å². The number of esters is 1. The highest BCUT2D eigenvalue weighted by atomic mass is 16.7. The number of imide groups is 1. The first-order chi connectivity index (χ1) is 18.9. The Balaban J connectivity index is 1.47. The Bertz CT molecular complexity index is 1450. The molecule has 204 valence electrons. The molecule has 3 aromatic carbocycles. The molecule has 40 heavy (non-hydrogen) atoms. The van der Waals surface area contributed by atoms with Crippen LogP contribution in [0.25, 0.3) is 0 Å². The Morgan fingerprint density at radius 2 is 1.30 bits per heavy atom. The van der Waals surface area contributed by atoms with Crippen molar-refractivity contribution in [1.82, 2.24) is 4.90 Å². The maximum absolute atomic E-state index is 13.4. The molecule has 0 saturated heterocycles. The summed E-state index contributed by atoms with van der Waals surface area (Å²) < 4.78 is 17.7. The highest BCUT2D eigenvalue weighted by Crippen LogP contribution is 2.49. The molecule has 0 bridgehead atoms. The minimum absolute atomic E-state index is 0.111. The van der Waals surface area contributed by atoms with Crippen molar-refractivity contribution in [1.29, 1.82) is 0 Å². The van der Waals surface area contributed by atoms with Gasteiger partial charge in [0.05, 0.1) is 11.1 Å². The van der Waals surface area contributed by atoms with Crippen LogP contribution in [0, 0.1) is 0 Å². The van der Waals surface area contributed by atoms with Gasteiger partial charge in [-0.05, 0) is 32.9 Å². The molecule has 0 unspecified atom stereocenters. The molecule has 2 heterocycles. The number of Topliss-reactive ketones (excluding diaryl/α,β-unsaturated/α-hetero) is 1. The van der Waals surface area contributed by atoms with Crippen LogP contribution in [0.15, 0.2) is 72.8 Å². The summed E-state index contributed by atoms with van der Waals surface area (Å²) in [5.74, 6) is -6.98. The number of fused-ring (bicyclic) bond motifs is 2. The Hall–Kier alpha value is -4.99. The van der Waals surface area contributed by atoms with E-state index in [1.165, 1.54) is 12.1 Å². The van der Waals surface area contributed by atoms with Gasteiger partial charge in [0.15, 0.2) is 11.5 Å². The number of hydrogen-bond donors (Lipinski definition) is 1.